The van der Waals surface area contributed by atoms with E-state index in [1.807, 2.05) is 44.2 Å². The number of aromatic amines is 1. The number of carbonyl (C=O) groups excluding carboxylic acids is 1. The predicted octanol–water partition coefficient (Wildman–Crippen LogP) is 3.31. The zero-order valence-corrected chi connectivity index (χ0v) is 15.8. The van der Waals surface area contributed by atoms with Crippen LogP contribution in [0.15, 0.2) is 48.5 Å². The number of aromatic nitrogens is 4. The molecule has 0 unspecified atom stereocenters. The molecule has 1 aromatic heterocycles. The molecule has 28 heavy (non-hydrogen) atoms. The third-order valence-electron chi connectivity index (χ3n) is 3.71. The summed E-state index contributed by atoms with van der Waals surface area (Å²) in [5.74, 6) is 1.48. The Morgan fingerprint density at radius 3 is 2.75 bits per heavy atom. The highest BCUT2D eigenvalue weighted by molar-refractivity contribution is 6.02. The monoisotopic (exact) mass is 379 g/mol. The number of benzene rings is 2. The Morgan fingerprint density at radius 2 is 2.04 bits per heavy atom. The number of rotatable bonds is 7. The van der Waals surface area contributed by atoms with Crippen LogP contribution in [0.4, 0.5) is 5.69 Å². The number of carbonyl (C=O) groups is 1. The fourth-order valence-electron chi connectivity index (χ4n) is 2.52. The van der Waals surface area contributed by atoms with Gasteiger partial charge in [0.25, 0.3) is 0 Å². The summed E-state index contributed by atoms with van der Waals surface area (Å²) in [7, 11) is 1.58. The van der Waals surface area contributed by atoms with Crippen LogP contribution in [0.2, 0.25) is 0 Å². The fraction of sp³-hybridized carbons (Fsp3) is 0.200. The van der Waals surface area contributed by atoms with Crippen molar-refractivity contribution in [1.82, 2.24) is 20.6 Å². The maximum Gasteiger partial charge on any atom is 0.248 e. The number of hydrogen-bond donors (Lipinski definition) is 2. The lowest BCUT2D eigenvalue weighted by atomic mass is 10.1. The van der Waals surface area contributed by atoms with Crippen molar-refractivity contribution < 1.29 is 14.3 Å². The average molecular weight is 379 g/mol. The van der Waals surface area contributed by atoms with Gasteiger partial charge in [-0.2, -0.15) is 5.21 Å². The normalized spacial score (nSPS) is 11.0. The van der Waals surface area contributed by atoms with E-state index in [2.05, 4.69) is 25.9 Å². The fourth-order valence-corrected chi connectivity index (χ4v) is 2.52. The second-order valence-corrected chi connectivity index (χ2v) is 6.22. The topological polar surface area (TPSA) is 102 Å². The Hall–Kier alpha value is -3.68. The van der Waals surface area contributed by atoms with Gasteiger partial charge in [0, 0.05) is 17.3 Å². The van der Waals surface area contributed by atoms with Crippen LogP contribution >= 0.6 is 0 Å². The first-order chi connectivity index (χ1) is 13.5. The van der Waals surface area contributed by atoms with Gasteiger partial charge >= 0.3 is 0 Å². The minimum absolute atomic E-state index is 0.0456. The van der Waals surface area contributed by atoms with E-state index >= 15 is 0 Å². The first-order valence-electron chi connectivity index (χ1n) is 8.73. The van der Waals surface area contributed by atoms with Crippen LogP contribution in [0.1, 0.15) is 19.4 Å². The van der Waals surface area contributed by atoms with E-state index < -0.39 is 0 Å². The molecule has 1 heterocycles. The van der Waals surface area contributed by atoms with Gasteiger partial charge in [-0.15, -0.1) is 10.2 Å². The van der Waals surface area contributed by atoms with E-state index in [4.69, 9.17) is 9.47 Å². The molecule has 2 N–H and O–H groups in total. The van der Waals surface area contributed by atoms with E-state index in [0.29, 0.717) is 23.0 Å². The number of tetrazole rings is 1. The summed E-state index contributed by atoms with van der Waals surface area (Å²) in [6, 6.07) is 12.7. The summed E-state index contributed by atoms with van der Waals surface area (Å²) in [4.78, 5) is 12.2. The molecular formula is C20H21N5O3. The Balaban J connectivity index is 1.68. The molecule has 8 heteroatoms. The van der Waals surface area contributed by atoms with Crippen LogP contribution < -0.4 is 14.8 Å². The standard InChI is InChI=1S/C20H21N5O3/c1-13(2)28-17-9-7-14(11-18(17)27-3)8-10-19(26)21-16-6-4-5-15(12-16)20-22-24-25-23-20/h4-13H,1-3H3,(H,21,26)(H,22,23,24,25). The number of H-pyrrole nitrogens is 1. The molecular weight excluding hydrogens is 358 g/mol. The van der Waals surface area contributed by atoms with Crippen molar-refractivity contribution in [2.75, 3.05) is 12.4 Å². The van der Waals surface area contributed by atoms with Crippen LogP contribution in [-0.4, -0.2) is 39.7 Å². The molecule has 0 saturated carbocycles. The largest absolute Gasteiger partial charge is 0.493 e. The molecule has 1 amide bonds. The van der Waals surface area contributed by atoms with Crippen molar-refractivity contribution in [2.45, 2.75) is 20.0 Å². The summed E-state index contributed by atoms with van der Waals surface area (Å²) in [5.41, 5.74) is 2.21. The van der Waals surface area contributed by atoms with Crippen molar-refractivity contribution in [3.63, 3.8) is 0 Å². The Kier molecular flexibility index (Phi) is 6.01. The highest BCUT2D eigenvalue weighted by Gasteiger charge is 2.07. The molecule has 0 saturated heterocycles. The van der Waals surface area contributed by atoms with E-state index in [-0.39, 0.29) is 12.0 Å². The summed E-state index contributed by atoms with van der Waals surface area (Å²) in [5, 5.41) is 16.6. The number of ether oxygens (including phenoxy) is 2. The number of nitrogens with one attached hydrogen (secondary N) is 2. The minimum atomic E-state index is -0.258. The Bertz CT molecular complexity index is 968. The molecule has 2 aromatic carbocycles. The van der Waals surface area contributed by atoms with Crippen LogP contribution in [0.25, 0.3) is 17.5 Å². The zero-order chi connectivity index (χ0) is 19.9. The molecule has 3 rings (SSSR count). The van der Waals surface area contributed by atoms with Gasteiger partial charge in [0.05, 0.1) is 13.2 Å². The average Bonchev–Trinajstić information content (AvgIpc) is 3.22. The van der Waals surface area contributed by atoms with Crippen LogP contribution in [0.5, 0.6) is 11.5 Å². The van der Waals surface area contributed by atoms with E-state index in [1.165, 1.54) is 6.08 Å². The molecule has 0 aliphatic heterocycles. The van der Waals surface area contributed by atoms with Gasteiger partial charge in [0.2, 0.25) is 11.7 Å². The summed E-state index contributed by atoms with van der Waals surface area (Å²) in [6.45, 7) is 3.90. The van der Waals surface area contributed by atoms with E-state index in [9.17, 15) is 4.79 Å². The molecule has 0 bridgehead atoms. The van der Waals surface area contributed by atoms with Crippen molar-refractivity contribution in [3.8, 4) is 22.9 Å². The second kappa shape index (κ2) is 8.81. The highest BCUT2D eigenvalue weighted by atomic mass is 16.5. The molecule has 0 aliphatic carbocycles. The predicted molar refractivity (Wildman–Crippen MR) is 106 cm³/mol. The Labute approximate surface area is 162 Å². The van der Waals surface area contributed by atoms with Gasteiger partial charge in [-0.05, 0) is 55.0 Å². The van der Waals surface area contributed by atoms with Crippen molar-refractivity contribution in [2.24, 2.45) is 0 Å². The van der Waals surface area contributed by atoms with Crippen molar-refractivity contribution in [3.05, 3.63) is 54.1 Å². The Morgan fingerprint density at radius 1 is 1.18 bits per heavy atom. The van der Waals surface area contributed by atoms with Gasteiger partial charge in [-0.3, -0.25) is 4.79 Å². The van der Waals surface area contributed by atoms with Crippen LogP contribution in [-0.2, 0) is 4.79 Å². The smallest absolute Gasteiger partial charge is 0.248 e. The minimum Gasteiger partial charge on any atom is -0.493 e. The quantitative estimate of drug-likeness (QED) is 0.611. The maximum absolute atomic E-state index is 12.2. The molecule has 0 radical (unpaired) electrons. The maximum atomic E-state index is 12.2. The molecule has 0 aliphatic rings. The van der Waals surface area contributed by atoms with Crippen LogP contribution in [0.3, 0.4) is 0 Å². The summed E-state index contributed by atoms with van der Waals surface area (Å²) < 4.78 is 11.1. The lowest BCUT2D eigenvalue weighted by Gasteiger charge is -2.13. The number of anilines is 1. The number of hydrogen-bond acceptors (Lipinski definition) is 6. The molecule has 3 aromatic rings. The molecule has 144 valence electrons. The van der Waals surface area contributed by atoms with E-state index in [0.717, 1.165) is 11.1 Å². The SMILES string of the molecule is COc1cc(C=CC(=O)Nc2cccc(-c3nn[nH]n3)c2)ccc1OC(C)C. The first-order valence-corrected chi connectivity index (χ1v) is 8.73. The number of amides is 1. The van der Waals surface area contributed by atoms with Crippen molar-refractivity contribution >= 4 is 17.7 Å². The zero-order valence-electron chi connectivity index (χ0n) is 15.8. The van der Waals surface area contributed by atoms with Gasteiger partial charge in [0.1, 0.15) is 0 Å². The molecule has 0 atom stereocenters. The van der Waals surface area contributed by atoms with Crippen LogP contribution in [0, 0.1) is 0 Å². The third kappa shape index (κ3) is 4.94. The van der Waals surface area contributed by atoms with Gasteiger partial charge in [-0.25, -0.2) is 0 Å². The van der Waals surface area contributed by atoms with Gasteiger partial charge < -0.3 is 14.8 Å². The highest BCUT2D eigenvalue weighted by Crippen LogP contribution is 2.29. The lowest BCUT2D eigenvalue weighted by molar-refractivity contribution is -0.111. The number of nitrogens with zero attached hydrogens (tertiary/aromatic N) is 3. The van der Waals surface area contributed by atoms with Gasteiger partial charge in [-0.1, -0.05) is 18.2 Å². The molecule has 0 spiro atoms. The summed E-state index contributed by atoms with van der Waals surface area (Å²) >= 11 is 0. The first kappa shape index (κ1) is 19.1. The second-order valence-electron chi connectivity index (χ2n) is 6.22. The number of methoxy groups -OCH3 is 1. The van der Waals surface area contributed by atoms with E-state index in [1.54, 1.807) is 25.3 Å². The van der Waals surface area contributed by atoms with Crippen molar-refractivity contribution in [1.29, 1.82) is 0 Å². The summed E-state index contributed by atoms with van der Waals surface area (Å²) in [6.07, 6.45) is 3.21. The third-order valence-corrected chi connectivity index (χ3v) is 3.71. The van der Waals surface area contributed by atoms with Gasteiger partial charge in [0.15, 0.2) is 11.5 Å². The lowest BCUT2D eigenvalue weighted by Crippen LogP contribution is -2.08. The molecule has 0 fully saturated rings. The molecule has 8 nitrogen and oxygen atoms in total.